The van der Waals surface area contributed by atoms with E-state index in [0.717, 1.165) is 6.07 Å². The van der Waals surface area contributed by atoms with Gasteiger partial charge < -0.3 is 9.88 Å². The van der Waals surface area contributed by atoms with E-state index < -0.39 is 23.1 Å². The lowest BCUT2D eigenvalue weighted by Gasteiger charge is -2.17. The number of benzene rings is 1. The molecule has 2 rings (SSSR count). The zero-order valence-corrected chi connectivity index (χ0v) is 10.6. The molecule has 19 heavy (non-hydrogen) atoms. The van der Waals surface area contributed by atoms with Crippen LogP contribution in [0.25, 0.3) is 0 Å². The summed E-state index contributed by atoms with van der Waals surface area (Å²) >= 11 is 0. The van der Waals surface area contributed by atoms with Crippen molar-refractivity contribution in [1.29, 1.82) is 0 Å². The van der Waals surface area contributed by atoms with Crippen molar-refractivity contribution in [3.8, 4) is 0 Å². The fraction of sp³-hybridized carbons (Fsp3) is 0.231. The van der Waals surface area contributed by atoms with Gasteiger partial charge in [0.2, 0.25) is 0 Å². The molecule has 0 unspecified atom stereocenters. The van der Waals surface area contributed by atoms with Crippen LogP contribution in [-0.2, 0) is 6.54 Å². The first kappa shape index (κ1) is 13.2. The maximum atomic E-state index is 13.8. The van der Waals surface area contributed by atoms with Gasteiger partial charge in [0, 0.05) is 19.4 Å². The predicted molar refractivity (Wildman–Crippen MR) is 65.5 cm³/mol. The molecule has 1 heterocycles. The minimum atomic E-state index is -0.862. The third-order valence-electron chi connectivity index (χ3n) is 2.79. The molecule has 1 amide bonds. The largest absolute Gasteiger partial charge is 0.347 e. The van der Waals surface area contributed by atoms with E-state index >= 15 is 0 Å². The first-order valence-corrected chi connectivity index (χ1v) is 5.69. The average Bonchev–Trinajstić information content (AvgIpc) is 2.87. The third-order valence-corrected chi connectivity index (χ3v) is 2.79. The number of aromatic nitrogens is 2. The second-order valence-corrected chi connectivity index (χ2v) is 4.25. The van der Waals surface area contributed by atoms with Gasteiger partial charge >= 0.3 is 0 Å². The van der Waals surface area contributed by atoms with Crippen molar-refractivity contribution in [3.05, 3.63) is 53.1 Å². The lowest BCUT2D eigenvalue weighted by atomic mass is 10.1. The van der Waals surface area contributed by atoms with E-state index in [-0.39, 0.29) is 12.1 Å². The van der Waals surface area contributed by atoms with Crippen molar-refractivity contribution in [3.63, 3.8) is 0 Å². The Balaban J connectivity index is 2.27. The van der Waals surface area contributed by atoms with Gasteiger partial charge in [0.05, 0.1) is 6.54 Å². The summed E-state index contributed by atoms with van der Waals surface area (Å²) in [6.45, 7) is 1.64. The third kappa shape index (κ3) is 2.62. The minimum Gasteiger partial charge on any atom is -0.347 e. The fourth-order valence-corrected chi connectivity index (χ4v) is 1.72. The molecule has 0 saturated heterocycles. The van der Waals surface area contributed by atoms with E-state index in [9.17, 15) is 13.6 Å². The monoisotopic (exact) mass is 265 g/mol. The van der Waals surface area contributed by atoms with Gasteiger partial charge in [-0.15, -0.1) is 0 Å². The van der Waals surface area contributed by atoms with Crippen LogP contribution in [0.1, 0.15) is 21.7 Å². The van der Waals surface area contributed by atoms with E-state index in [1.165, 1.54) is 24.9 Å². The number of amides is 1. The number of nitrogens with zero attached hydrogens (tertiary/aromatic N) is 2. The molecule has 100 valence electrons. The SMILES string of the molecule is Cc1ccc(F)c(C(=O)N(C)Cc2ncc[nH]2)c1F. The molecule has 0 radical (unpaired) electrons. The molecule has 0 aliphatic heterocycles. The first-order valence-electron chi connectivity index (χ1n) is 5.69. The van der Waals surface area contributed by atoms with Crippen LogP contribution >= 0.6 is 0 Å². The zero-order chi connectivity index (χ0) is 14.0. The molecular formula is C13H13F2N3O. The molecule has 0 aliphatic carbocycles. The second-order valence-electron chi connectivity index (χ2n) is 4.25. The van der Waals surface area contributed by atoms with Gasteiger partial charge in [0.1, 0.15) is 23.0 Å². The summed E-state index contributed by atoms with van der Waals surface area (Å²) in [5.74, 6) is -1.85. The maximum Gasteiger partial charge on any atom is 0.259 e. The fourth-order valence-electron chi connectivity index (χ4n) is 1.72. The highest BCUT2D eigenvalue weighted by Gasteiger charge is 2.22. The molecule has 0 spiro atoms. The summed E-state index contributed by atoms with van der Waals surface area (Å²) in [7, 11) is 1.46. The Labute approximate surface area is 109 Å². The molecule has 0 saturated carbocycles. The van der Waals surface area contributed by atoms with E-state index in [0.29, 0.717) is 5.82 Å². The topological polar surface area (TPSA) is 49.0 Å². The highest BCUT2D eigenvalue weighted by atomic mass is 19.1. The van der Waals surface area contributed by atoms with Crippen LogP contribution in [0.2, 0.25) is 0 Å². The van der Waals surface area contributed by atoms with Crippen LogP contribution < -0.4 is 0 Å². The number of rotatable bonds is 3. The highest BCUT2D eigenvalue weighted by Crippen LogP contribution is 2.18. The standard InChI is InChI=1S/C13H13F2N3O/c1-8-3-4-9(14)11(12(8)15)13(19)18(2)7-10-16-5-6-17-10/h3-6H,7H2,1-2H3,(H,16,17). The number of imidazole rings is 1. The van der Waals surface area contributed by atoms with Crippen molar-refractivity contribution in [2.45, 2.75) is 13.5 Å². The summed E-state index contributed by atoms with van der Waals surface area (Å²) in [6, 6.07) is 2.39. The lowest BCUT2D eigenvalue weighted by molar-refractivity contribution is 0.0772. The van der Waals surface area contributed by atoms with Crippen LogP contribution in [0.5, 0.6) is 0 Å². The van der Waals surface area contributed by atoms with E-state index in [1.54, 1.807) is 12.4 Å². The summed E-state index contributed by atoms with van der Waals surface area (Å²) in [6.07, 6.45) is 3.16. The van der Waals surface area contributed by atoms with E-state index in [4.69, 9.17) is 0 Å². The van der Waals surface area contributed by atoms with Gasteiger partial charge in [-0.2, -0.15) is 0 Å². The van der Waals surface area contributed by atoms with Gasteiger partial charge in [-0.25, -0.2) is 13.8 Å². The van der Waals surface area contributed by atoms with Gasteiger partial charge in [-0.05, 0) is 18.6 Å². The Morgan fingerprint density at radius 3 is 2.79 bits per heavy atom. The van der Waals surface area contributed by atoms with Crippen LogP contribution in [0.15, 0.2) is 24.5 Å². The summed E-state index contributed by atoms with van der Waals surface area (Å²) in [5.41, 5.74) is -0.301. The molecule has 0 bridgehead atoms. The molecule has 4 nitrogen and oxygen atoms in total. The summed E-state index contributed by atoms with van der Waals surface area (Å²) < 4.78 is 27.5. The normalized spacial score (nSPS) is 10.5. The molecule has 1 aromatic heterocycles. The molecule has 0 fully saturated rings. The van der Waals surface area contributed by atoms with Gasteiger partial charge in [-0.3, -0.25) is 4.79 Å². The van der Waals surface area contributed by atoms with Gasteiger partial charge in [0.15, 0.2) is 0 Å². The molecule has 1 aromatic carbocycles. The summed E-state index contributed by atoms with van der Waals surface area (Å²) in [5, 5.41) is 0. The highest BCUT2D eigenvalue weighted by molar-refractivity contribution is 5.94. The number of nitrogens with one attached hydrogen (secondary N) is 1. The van der Waals surface area contributed by atoms with Gasteiger partial charge in [0.25, 0.3) is 5.91 Å². The average molecular weight is 265 g/mol. The smallest absolute Gasteiger partial charge is 0.259 e. The zero-order valence-electron chi connectivity index (χ0n) is 10.6. The van der Waals surface area contributed by atoms with Crippen LogP contribution in [0, 0.1) is 18.6 Å². The molecule has 1 N–H and O–H groups in total. The van der Waals surface area contributed by atoms with E-state index in [2.05, 4.69) is 9.97 Å². The van der Waals surface area contributed by atoms with Crippen molar-refractivity contribution < 1.29 is 13.6 Å². The molecule has 2 aromatic rings. The Morgan fingerprint density at radius 1 is 1.42 bits per heavy atom. The number of hydrogen-bond acceptors (Lipinski definition) is 2. The Kier molecular flexibility index (Phi) is 3.59. The van der Waals surface area contributed by atoms with Crippen molar-refractivity contribution in [1.82, 2.24) is 14.9 Å². The van der Waals surface area contributed by atoms with E-state index in [1.807, 2.05) is 0 Å². The number of aryl methyl sites for hydroxylation is 1. The Bertz CT molecular complexity index is 596. The van der Waals surface area contributed by atoms with Crippen molar-refractivity contribution >= 4 is 5.91 Å². The quantitative estimate of drug-likeness (QED) is 0.925. The number of aromatic amines is 1. The number of halogens is 2. The number of H-pyrrole nitrogens is 1. The molecule has 0 aliphatic rings. The first-order chi connectivity index (χ1) is 9.00. The number of carbonyl (C=O) groups is 1. The molecule has 6 heteroatoms. The van der Waals surface area contributed by atoms with Crippen molar-refractivity contribution in [2.75, 3.05) is 7.05 Å². The number of hydrogen-bond donors (Lipinski definition) is 1. The van der Waals surface area contributed by atoms with Crippen LogP contribution in [0.4, 0.5) is 8.78 Å². The maximum absolute atomic E-state index is 13.8. The van der Waals surface area contributed by atoms with Gasteiger partial charge in [-0.1, -0.05) is 6.07 Å². The Morgan fingerprint density at radius 2 is 2.16 bits per heavy atom. The predicted octanol–water partition coefficient (Wildman–Crippen LogP) is 2.27. The minimum absolute atomic E-state index is 0.151. The Hall–Kier alpha value is -2.24. The van der Waals surface area contributed by atoms with Crippen molar-refractivity contribution in [2.24, 2.45) is 0 Å². The molecular weight excluding hydrogens is 252 g/mol. The summed E-state index contributed by atoms with van der Waals surface area (Å²) in [4.78, 5) is 20.1. The number of carbonyl (C=O) groups excluding carboxylic acids is 1. The molecule has 0 atom stereocenters. The second kappa shape index (κ2) is 5.17. The van der Waals surface area contributed by atoms with Crippen LogP contribution in [0.3, 0.4) is 0 Å². The van der Waals surface area contributed by atoms with Crippen LogP contribution in [-0.4, -0.2) is 27.8 Å². The lowest BCUT2D eigenvalue weighted by Crippen LogP contribution is -2.28.